The molecule has 1 heterocycles. The first-order valence-electron chi connectivity index (χ1n) is 5.04. The maximum Gasteiger partial charge on any atom is 0.337 e. The number of hydrogen-bond acceptors (Lipinski definition) is 4. The molecule has 8 heteroatoms. The summed E-state index contributed by atoms with van der Waals surface area (Å²) in [4.78, 5) is 16.2. The minimum Gasteiger partial charge on any atom is -0.478 e. The van der Waals surface area contributed by atoms with Crippen LogP contribution in [-0.2, 0) is 6.54 Å². The van der Waals surface area contributed by atoms with Gasteiger partial charge in [0.25, 0.3) is 0 Å². The fourth-order valence-corrected chi connectivity index (χ4v) is 4.42. The van der Waals surface area contributed by atoms with Gasteiger partial charge in [0.05, 0.1) is 17.8 Å². The number of thiazole rings is 1. The van der Waals surface area contributed by atoms with Crippen LogP contribution in [0.25, 0.3) is 0 Å². The second-order valence-corrected chi connectivity index (χ2v) is 7.65. The Morgan fingerprint density at radius 1 is 1.47 bits per heavy atom. The molecule has 1 aromatic heterocycles. The third-order valence-corrected chi connectivity index (χ3v) is 4.84. The van der Waals surface area contributed by atoms with E-state index in [1.165, 1.54) is 11.3 Å². The Kier molecular flexibility index (Phi) is 5.26. The van der Waals surface area contributed by atoms with Gasteiger partial charge in [-0.1, -0.05) is 11.6 Å². The van der Waals surface area contributed by atoms with Crippen molar-refractivity contribution in [2.24, 2.45) is 0 Å². The van der Waals surface area contributed by atoms with Gasteiger partial charge in [0.15, 0.2) is 4.47 Å². The molecule has 0 aliphatic heterocycles. The molecule has 0 unspecified atom stereocenters. The molecule has 19 heavy (non-hydrogen) atoms. The van der Waals surface area contributed by atoms with Gasteiger partial charge < -0.3 is 10.4 Å². The van der Waals surface area contributed by atoms with Crippen molar-refractivity contribution in [1.29, 1.82) is 0 Å². The summed E-state index contributed by atoms with van der Waals surface area (Å²) in [7, 11) is 0. The number of hydrogen-bond donors (Lipinski definition) is 2. The lowest BCUT2D eigenvalue weighted by Crippen LogP contribution is -2.08. The lowest BCUT2D eigenvalue weighted by Gasteiger charge is -2.11. The summed E-state index contributed by atoms with van der Waals surface area (Å²) >= 11 is 11.4. The summed E-state index contributed by atoms with van der Waals surface area (Å²) in [6, 6.07) is 3.57. The summed E-state index contributed by atoms with van der Waals surface area (Å²) in [5.41, 5.74) is 0.893. The van der Waals surface area contributed by atoms with Crippen molar-refractivity contribution < 1.29 is 9.90 Å². The van der Waals surface area contributed by atoms with Gasteiger partial charge in [-0.25, -0.2) is 9.78 Å². The van der Waals surface area contributed by atoms with Crippen LogP contribution in [0.15, 0.2) is 18.3 Å². The van der Waals surface area contributed by atoms with Gasteiger partial charge in [-0.05, 0) is 57.3 Å². The molecule has 0 aliphatic carbocycles. The van der Waals surface area contributed by atoms with E-state index in [0.717, 1.165) is 12.0 Å². The highest BCUT2D eigenvalue weighted by Gasteiger charge is 2.14. The molecule has 0 aliphatic rings. The minimum atomic E-state index is -0.943. The molecule has 0 spiro atoms. The molecule has 4 nitrogen and oxygen atoms in total. The van der Waals surface area contributed by atoms with E-state index >= 15 is 0 Å². The molecule has 2 aromatic rings. The van der Waals surface area contributed by atoms with Gasteiger partial charge in [0.1, 0.15) is 0 Å². The molecule has 2 rings (SSSR count). The van der Waals surface area contributed by atoms with Gasteiger partial charge >= 0.3 is 5.97 Å². The monoisotopic (exact) mass is 520 g/mol. The van der Waals surface area contributed by atoms with Crippen LogP contribution >= 0.6 is 68.1 Å². The number of halogens is 3. The van der Waals surface area contributed by atoms with E-state index in [9.17, 15) is 9.90 Å². The van der Waals surface area contributed by atoms with Crippen molar-refractivity contribution in [1.82, 2.24) is 4.98 Å². The first-order valence-corrected chi connectivity index (χ1v) is 8.39. The maximum absolute atomic E-state index is 11.3. The topological polar surface area (TPSA) is 62.2 Å². The third kappa shape index (κ3) is 3.92. The highest BCUT2D eigenvalue weighted by atomic mass is 127. The van der Waals surface area contributed by atoms with Crippen molar-refractivity contribution in [3.8, 4) is 0 Å². The van der Waals surface area contributed by atoms with Crippen molar-refractivity contribution in [3.05, 3.63) is 40.4 Å². The number of anilines is 1. The average molecular weight is 521 g/mol. The lowest BCUT2D eigenvalue weighted by molar-refractivity contribution is 0.0697. The van der Waals surface area contributed by atoms with Crippen molar-refractivity contribution in [3.63, 3.8) is 0 Å². The van der Waals surface area contributed by atoms with Gasteiger partial charge in [-0.15, -0.1) is 11.3 Å². The molecular formula is C11H7ClI2N2O2S. The molecule has 0 saturated carbocycles. The van der Waals surface area contributed by atoms with E-state index < -0.39 is 5.97 Å². The summed E-state index contributed by atoms with van der Waals surface area (Å²) in [5.74, 6) is -0.943. The Morgan fingerprint density at radius 3 is 2.79 bits per heavy atom. The molecule has 0 amide bonds. The minimum absolute atomic E-state index is 0.270. The number of carbonyl (C=O) groups is 1. The molecule has 2 N–H and O–H groups in total. The summed E-state index contributed by atoms with van der Waals surface area (Å²) in [6.45, 7) is 0.501. The number of rotatable bonds is 4. The van der Waals surface area contributed by atoms with E-state index in [1.54, 1.807) is 12.3 Å². The van der Waals surface area contributed by atoms with Crippen LogP contribution in [0.5, 0.6) is 0 Å². The normalized spacial score (nSPS) is 10.5. The Morgan fingerprint density at radius 2 is 2.21 bits per heavy atom. The van der Waals surface area contributed by atoms with Gasteiger partial charge in [-0.3, -0.25) is 0 Å². The van der Waals surface area contributed by atoms with Gasteiger partial charge in [0, 0.05) is 18.2 Å². The first kappa shape index (κ1) is 15.3. The Labute approximate surface area is 145 Å². The van der Waals surface area contributed by atoms with E-state index in [0.29, 0.717) is 16.7 Å². The summed E-state index contributed by atoms with van der Waals surface area (Å²) in [6.07, 6.45) is 1.68. The molecule has 0 fully saturated rings. The molecule has 0 bridgehead atoms. The Balaban J connectivity index is 2.26. The maximum atomic E-state index is 11.3. The second kappa shape index (κ2) is 6.55. The number of nitrogens with zero attached hydrogens (tertiary/aromatic N) is 1. The lowest BCUT2D eigenvalue weighted by atomic mass is 10.2. The predicted molar refractivity (Wildman–Crippen MR) is 93.3 cm³/mol. The second-order valence-electron chi connectivity index (χ2n) is 3.55. The van der Waals surface area contributed by atoms with Crippen molar-refractivity contribution in [2.75, 3.05) is 5.32 Å². The fraction of sp³-hybridized carbons (Fsp3) is 0.0909. The quantitative estimate of drug-likeness (QED) is 0.590. The van der Waals surface area contributed by atoms with Crippen LogP contribution in [0, 0.1) is 7.14 Å². The van der Waals surface area contributed by atoms with Crippen molar-refractivity contribution >= 4 is 79.8 Å². The van der Waals surface area contributed by atoms with Crippen LogP contribution in [0.3, 0.4) is 0 Å². The van der Waals surface area contributed by atoms with E-state index in [-0.39, 0.29) is 5.56 Å². The van der Waals surface area contributed by atoms with E-state index in [2.05, 4.69) is 55.5 Å². The van der Waals surface area contributed by atoms with Crippen LogP contribution < -0.4 is 5.32 Å². The van der Waals surface area contributed by atoms with Crippen LogP contribution in [-0.4, -0.2) is 16.1 Å². The first-order chi connectivity index (χ1) is 8.97. The van der Waals surface area contributed by atoms with Crippen LogP contribution in [0.1, 0.15) is 15.2 Å². The number of benzene rings is 1. The number of aromatic nitrogens is 1. The largest absolute Gasteiger partial charge is 0.478 e. The highest BCUT2D eigenvalue weighted by molar-refractivity contribution is 14.1. The zero-order valence-electron chi connectivity index (χ0n) is 9.28. The fourth-order valence-electron chi connectivity index (χ4n) is 1.46. The van der Waals surface area contributed by atoms with Crippen LogP contribution in [0.4, 0.5) is 5.69 Å². The standard InChI is InChI=1S/C11H7ClI2N2O2S/c12-11-16-4-6(19-11)3-15-9-7(10(17)18)1-5(13)2-8(9)14/h1-2,4,15H,3H2,(H,17,18). The van der Waals surface area contributed by atoms with Gasteiger partial charge in [-0.2, -0.15) is 0 Å². The SMILES string of the molecule is O=C(O)c1cc(I)cc(I)c1NCc1cnc(Cl)s1. The smallest absolute Gasteiger partial charge is 0.337 e. The molecule has 0 atom stereocenters. The number of aromatic carboxylic acids is 1. The number of nitrogens with one attached hydrogen (secondary N) is 1. The van der Waals surface area contributed by atoms with Crippen LogP contribution in [0.2, 0.25) is 4.47 Å². The van der Waals surface area contributed by atoms with E-state index in [1.807, 2.05) is 6.07 Å². The molecule has 100 valence electrons. The summed E-state index contributed by atoms with van der Waals surface area (Å²) < 4.78 is 2.25. The Hall–Kier alpha value is -0.130. The van der Waals surface area contributed by atoms with Gasteiger partial charge in [0.2, 0.25) is 0 Å². The molecule has 1 aromatic carbocycles. The highest BCUT2D eigenvalue weighted by Crippen LogP contribution is 2.27. The van der Waals surface area contributed by atoms with Crippen molar-refractivity contribution in [2.45, 2.75) is 6.54 Å². The molecular weight excluding hydrogens is 513 g/mol. The third-order valence-electron chi connectivity index (χ3n) is 2.25. The number of carboxylic acid groups (broad SMARTS) is 1. The Bertz CT molecular complexity index is 633. The summed E-state index contributed by atoms with van der Waals surface area (Å²) in [5, 5.41) is 12.4. The zero-order chi connectivity index (χ0) is 14.0. The molecule has 0 saturated heterocycles. The van der Waals surface area contributed by atoms with E-state index in [4.69, 9.17) is 11.6 Å². The molecule has 0 radical (unpaired) electrons. The predicted octanol–water partition coefficient (Wildman–Crippen LogP) is 4.32. The zero-order valence-corrected chi connectivity index (χ0v) is 15.2. The average Bonchev–Trinajstić information content (AvgIpc) is 2.73. The number of carboxylic acids is 1.